The number of benzene rings is 8. The molecule has 0 saturated heterocycles. The van der Waals surface area contributed by atoms with Crippen molar-refractivity contribution >= 4 is 96.2 Å². The van der Waals surface area contributed by atoms with Crippen LogP contribution in [0.25, 0.3) is 79.0 Å². The van der Waals surface area contributed by atoms with E-state index < -0.39 is 0 Å². The van der Waals surface area contributed by atoms with Gasteiger partial charge in [0.25, 0.3) is 0 Å². The molecule has 0 amide bonds. The minimum absolute atomic E-state index is 0.214. The van der Waals surface area contributed by atoms with Gasteiger partial charge in [-0.2, -0.15) is 0 Å². The fourth-order valence-electron chi connectivity index (χ4n) is 10.5. The SMILES string of the molecule is C1=CC(c2ccc3c4ccccc4n(-c4cc(-c5cccc6c5sc5ccccc56)c5sc6ccccc6c5c4)c3c2)C2C(C1)c1ccccc1N2c1ccccc1. The second kappa shape index (κ2) is 12.5. The van der Waals surface area contributed by atoms with Crippen LogP contribution < -0.4 is 4.90 Å². The molecule has 4 heterocycles. The summed E-state index contributed by atoms with van der Waals surface area (Å²) in [6.45, 7) is 0. The number of nitrogens with zero attached hydrogens (tertiary/aromatic N) is 2. The quantitative estimate of drug-likeness (QED) is 0.162. The minimum atomic E-state index is 0.214. The first-order chi connectivity index (χ1) is 28.8. The van der Waals surface area contributed by atoms with E-state index >= 15 is 0 Å². The number of hydrogen-bond acceptors (Lipinski definition) is 3. The number of allylic oxidation sites excluding steroid dienone is 1. The van der Waals surface area contributed by atoms with Gasteiger partial charge in [-0.1, -0.05) is 133 Å². The average molecular weight is 777 g/mol. The van der Waals surface area contributed by atoms with Crippen LogP contribution in [0.3, 0.4) is 0 Å². The fourth-order valence-corrected chi connectivity index (χ4v) is 12.9. The molecule has 58 heavy (non-hydrogen) atoms. The third kappa shape index (κ3) is 4.64. The van der Waals surface area contributed by atoms with Gasteiger partial charge in [0, 0.05) is 91.1 Å². The summed E-state index contributed by atoms with van der Waals surface area (Å²) in [5.41, 5.74) is 11.7. The molecule has 0 bridgehead atoms. The molecule has 13 rings (SSSR count). The molecule has 3 aromatic heterocycles. The van der Waals surface area contributed by atoms with Crippen LogP contribution in [0.4, 0.5) is 11.4 Å². The topological polar surface area (TPSA) is 8.17 Å². The molecule has 3 atom stereocenters. The second-order valence-corrected chi connectivity index (χ2v) is 18.0. The van der Waals surface area contributed by atoms with Crippen molar-refractivity contribution in [3.63, 3.8) is 0 Å². The van der Waals surface area contributed by atoms with E-state index in [0.29, 0.717) is 5.92 Å². The zero-order valence-electron chi connectivity index (χ0n) is 31.5. The maximum absolute atomic E-state index is 2.63. The molecule has 1 aliphatic carbocycles. The van der Waals surface area contributed by atoms with Gasteiger partial charge >= 0.3 is 0 Å². The molecule has 274 valence electrons. The first kappa shape index (κ1) is 32.6. The number of fused-ring (bicyclic) bond motifs is 12. The van der Waals surface area contributed by atoms with Crippen molar-refractivity contribution in [3.05, 3.63) is 199 Å². The van der Waals surface area contributed by atoms with Gasteiger partial charge in [-0.15, -0.1) is 22.7 Å². The van der Waals surface area contributed by atoms with E-state index in [0.717, 1.165) is 6.42 Å². The van der Waals surface area contributed by atoms with Crippen LogP contribution in [-0.4, -0.2) is 10.6 Å². The van der Waals surface area contributed by atoms with E-state index in [2.05, 4.69) is 198 Å². The average Bonchev–Trinajstić information content (AvgIpc) is 4.04. The lowest BCUT2D eigenvalue weighted by molar-refractivity contribution is 0.497. The van der Waals surface area contributed by atoms with Gasteiger partial charge in [0.1, 0.15) is 0 Å². The second-order valence-electron chi connectivity index (χ2n) is 15.9. The monoisotopic (exact) mass is 776 g/mol. The number of thiophene rings is 2. The molecule has 0 fully saturated rings. The first-order valence-corrected chi connectivity index (χ1v) is 21.9. The maximum atomic E-state index is 2.63. The van der Waals surface area contributed by atoms with Gasteiger partial charge in [0.15, 0.2) is 0 Å². The minimum Gasteiger partial charge on any atom is -0.337 e. The third-order valence-corrected chi connectivity index (χ3v) is 15.4. The van der Waals surface area contributed by atoms with E-state index in [1.807, 2.05) is 22.7 Å². The Hall–Kier alpha value is -6.46. The molecule has 0 N–H and O–H groups in total. The van der Waals surface area contributed by atoms with Crippen molar-refractivity contribution in [1.82, 2.24) is 4.57 Å². The molecule has 0 radical (unpaired) electrons. The number of para-hydroxylation sites is 3. The summed E-state index contributed by atoms with van der Waals surface area (Å²) >= 11 is 3.83. The van der Waals surface area contributed by atoms with E-state index in [1.54, 1.807) is 0 Å². The standard InChI is InChI=1S/C54H36N2S2/c1-2-14-34(15-3-1)56-48-25-9-5-17-38(48)42-21-12-20-36(52(42)56)33-28-29-39-37-16-4-8-24-47(37)55(49(39)30-33)35-31-45-41-19-7-11-27-51(41)58-54(45)46(32-35)44-23-13-22-43-40-18-6-10-26-50(40)57-53(43)44/h1-20,22-32,36,42,52H,21H2. The van der Waals surface area contributed by atoms with Crippen molar-refractivity contribution in [2.45, 2.75) is 24.3 Å². The van der Waals surface area contributed by atoms with Gasteiger partial charge in [-0.3, -0.25) is 0 Å². The van der Waals surface area contributed by atoms with E-state index in [-0.39, 0.29) is 12.0 Å². The van der Waals surface area contributed by atoms with Crippen molar-refractivity contribution in [3.8, 4) is 16.8 Å². The highest BCUT2D eigenvalue weighted by Gasteiger charge is 2.44. The zero-order chi connectivity index (χ0) is 37.9. The lowest BCUT2D eigenvalue weighted by Gasteiger charge is -2.37. The predicted octanol–water partition coefficient (Wildman–Crippen LogP) is 15.5. The van der Waals surface area contributed by atoms with E-state index in [1.165, 1.54) is 101 Å². The summed E-state index contributed by atoms with van der Waals surface area (Å²) in [5.74, 6) is 0.632. The lowest BCUT2D eigenvalue weighted by atomic mass is 9.76. The van der Waals surface area contributed by atoms with Crippen molar-refractivity contribution in [2.75, 3.05) is 4.90 Å². The summed E-state index contributed by atoms with van der Waals surface area (Å²) in [6, 6.07) is 66.3. The lowest BCUT2D eigenvalue weighted by Crippen LogP contribution is -2.37. The van der Waals surface area contributed by atoms with Crippen molar-refractivity contribution < 1.29 is 0 Å². The number of anilines is 2. The summed E-state index contributed by atoms with van der Waals surface area (Å²) in [6.07, 6.45) is 5.98. The van der Waals surface area contributed by atoms with Crippen LogP contribution in [0.5, 0.6) is 0 Å². The van der Waals surface area contributed by atoms with Crippen LogP contribution in [0.1, 0.15) is 29.4 Å². The van der Waals surface area contributed by atoms with Gasteiger partial charge in [-0.05, 0) is 72.1 Å². The highest BCUT2D eigenvalue weighted by atomic mass is 32.1. The summed E-state index contributed by atoms with van der Waals surface area (Å²) < 4.78 is 7.90. The van der Waals surface area contributed by atoms with Crippen LogP contribution >= 0.6 is 22.7 Å². The van der Waals surface area contributed by atoms with Crippen molar-refractivity contribution in [1.29, 1.82) is 0 Å². The molecule has 11 aromatic rings. The Kier molecular flexibility index (Phi) is 7.04. The summed E-state index contributed by atoms with van der Waals surface area (Å²) in [4.78, 5) is 2.63. The van der Waals surface area contributed by atoms with Crippen LogP contribution in [0.15, 0.2) is 188 Å². The Morgan fingerprint density at radius 2 is 1.14 bits per heavy atom. The summed E-state index contributed by atoms with van der Waals surface area (Å²) in [5, 5.41) is 7.86. The highest BCUT2D eigenvalue weighted by molar-refractivity contribution is 7.27. The Morgan fingerprint density at radius 1 is 0.466 bits per heavy atom. The normalized spacial score (nSPS) is 17.7. The molecular weight excluding hydrogens is 741 g/mol. The van der Waals surface area contributed by atoms with Crippen LogP contribution in [0, 0.1) is 0 Å². The Labute approximate surface area is 344 Å². The fraction of sp³-hybridized carbons (Fsp3) is 0.0741. The largest absolute Gasteiger partial charge is 0.337 e. The summed E-state index contributed by atoms with van der Waals surface area (Å²) in [7, 11) is 0. The molecule has 2 nitrogen and oxygen atoms in total. The van der Waals surface area contributed by atoms with Gasteiger partial charge < -0.3 is 9.47 Å². The zero-order valence-corrected chi connectivity index (χ0v) is 33.2. The molecule has 0 spiro atoms. The maximum Gasteiger partial charge on any atom is 0.0544 e. The Morgan fingerprint density at radius 3 is 1.98 bits per heavy atom. The molecular formula is C54H36N2S2. The molecule has 3 unspecified atom stereocenters. The Bertz CT molecular complexity index is 3470. The highest BCUT2D eigenvalue weighted by Crippen LogP contribution is 2.54. The third-order valence-electron chi connectivity index (χ3n) is 12.9. The van der Waals surface area contributed by atoms with Crippen LogP contribution in [0.2, 0.25) is 0 Å². The van der Waals surface area contributed by atoms with E-state index in [9.17, 15) is 0 Å². The van der Waals surface area contributed by atoms with Crippen LogP contribution in [-0.2, 0) is 0 Å². The molecule has 8 aromatic carbocycles. The molecule has 4 heteroatoms. The number of rotatable bonds is 4. The molecule has 1 aliphatic heterocycles. The van der Waals surface area contributed by atoms with E-state index in [4.69, 9.17) is 0 Å². The Balaban J connectivity index is 1.06. The number of hydrogen-bond donors (Lipinski definition) is 0. The molecule has 2 aliphatic rings. The van der Waals surface area contributed by atoms with Gasteiger partial charge in [0.05, 0.1) is 17.1 Å². The number of aromatic nitrogens is 1. The predicted molar refractivity (Wildman–Crippen MR) is 250 cm³/mol. The van der Waals surface area contributed by atoms with Gasteiger partial charge in [-0.25, -0.2) is 0 Å². The van der Waals surface area contributed by atoms with Gasteiger partial charge in [0.2, 0.25) is 0 Å². The molecule has 0 saturated carbocycles. The first-order valence-electron chi connectivity index (χ1n) is 20.3. The van der Waals surface area contributed by atoms with Crippen molar-refractivity contribution in [2.24, 2.45) is 0 Å². The smallest absolute Gasteiger partial charge is 0.0544 e.